The second-order valence-corrected chi connectivity index (χ2v) is 4.88. The SMILES string of the molecule is O=C(NCCc1nnc(-c2ccccc2)o1)c1ccc(F)cc1. The molecular weight excluding hydrogens is 297 g/mol. The predicted octanol–water partition coefficient (Wildman–Crippen LogP) is 2.85. The van der Waals surface area contributed by atoms with Gasteiger partial charge in [0.2, 0.25) is 11.8 Å². The van der Waals surface area contributed by atoms with E-state index in [9.17, 15) is 9.18 Å². The highest BCUT2D eigenvalue weighted by Crippen LogP contribution is 2.16. The molecule has 3 rings (SSSR count). The summed E-state index contributed by atoms with van der Waals surface area (Å²) in [6.07, 6.45) is 0.423. The summed E-state index contributed by atoms with van der Waals surface area (Å²) in [6, 6.07) is 14.8. The third-order valence-electron chi connectivity index (χ3n) is 3.22. The number of aromatic nitrogens is 2. The van der Waals surface area contributed by atoms with Crippen molar-refractivity contribution in [3.8, 4) is 11.5 Å². The Balaban J connectivity index is 1.54. The van der Waals surface area contributed by atoms with Gasteiger partial charge in [-0.3, -0.25) is 4.79 Å². The number of carbonyl (C=O) groups excluding carboxylic acids is 1. The van der Waals surface area contributed by atoms with Crippen molar-refractivity contribution in [1.29, 1.82) is 0 Å². The van der Waals surface area contributed by atoms with E-state index in [-0.39, 0.29) is 11.7 Å². The van der Waals surface area contributed by atoms with Crippen LogP contribution in [0.4, 0.5) is 4.39 Å². The molecule has 116 valence electrons. The van der Waals surface area contributed by atoms with Gasteiger partial charge in [0.15, 0.2) is 0 Å². The zero-order valence-corrected chi connectivity index (χ0v) is 12.2. The van der Waals surface area contributed by atoms with Gasteiger partial charge < -0.3 is 9.73 Å². The minimum Gasteiger partial charge on any atom is -0.421 e. The Labute approximate surface area is 132 Å². The minimum absolute atomic E-state index is 0.271. The van der Waals surface area contributed by atoms with Crippen LogP contribution in [-0.4, -0.2) is 22.6 Å². The molecule has 1 heterocycles. The number of nitrogens with one attached hydrogen (secondary N) is 1. The molecule has 1 amide bonds. The van der Waals surface area contributed by atoms with Crippen LogP contribution < -0.4 is 5.32 Å². The van der Waals surface area contributed by atoms with Crippen LogP contribution in [0.2, 0.25) is 0 Å². The molecule has 1 aromatic heterocycles. The molecule has 0 spiro atoms. The first kappa shape index (κ1) is 14.9. The van der Waals surface area contributed by atoms with Gasteiger partial charge in [-0.05, 0) is 36.4 Å². The predicted molar refractivity (Wildman–Crippen MR) is 82.2 cm³/mol. The van der Waals surface area contributed by atoms with E-state index in [1.807, 2.05) is 30.3 Å². The van der Waals surface area contributed by atoms with Crippen LogP contribution in [0, 0.1) is 5.82 Å². The summed E-state index contributed by atoms with van der Waals surface area (Å²) in [4.78, 5) is 11.9. The average Bonchev–Trinajstić information content (AvgIpc) is 3.05. The molecule has 0 fully saturated rings. The molecule has 0 radical (unpaired) electrons. The first-order valence-electron chi connectivity index (χ1n) is 7.14. The maximum atomic E-state index is 12.8. The van der Waals surface area contributed by atoms with Gasteiger partial charge in [-0.25, -0.2) is 4.39 Å². The molecule has 23 heavy (non-hydrogen) atoms. The lowest BCUT2D eigenvalue weighted by molar-refractivity contribution is 0.0953. The van der Waals surface area contributed by atoms with Gasteiger partial charge in [0.1, 0.15) is 5.82 Å². The number of hydrogen-bond donors (Lipinski definition) is 1. The summed E-state index contributed by atoms with van der Waals surface area (Å²) in [5.74, 6) is 0.252. The monoisotopic (exact) mass is 311 g/mol. The van der Waals surface area contributed by atoms with Crippen LogP contribution in [-0.2, 0) is 6.42 Å². The van der Waals surface area contributed by atoms with E-state index >= 15 is 0 Å². The molecule has 0 aliphatic rings. The molecule has 0 atom stereocenters. The molecule has 0 saturated heterocycles. The van der Waals surface area contributed by atoms with Crippen molar-refractivity contribution in [3.05, 3.63) is 71.9 Å². The Hall–Kier alpha value is -3.02. The van der Waals surface area contributed by atoms with Crippen molar-refractivity contribution in [2.24, 2.45) is 0 Å². The molecule has 0 unspecified atom stereocenters. The molecule has 0 saturated carbocycles. The van der Waals surface area contributed by atoms with Crippen molar-refractivity contribution in [1.82, 2.24) is 15.5 Å². The van der Waals surface area contributed by atoms with Crippen molar-refractivity contribution in [2.45, 2.75) is 6.42 Å². The van der Waals surface area contributed by atoms with E-state index in [2.05, 4.69) is 15.5 Å². The second-order valence-electron chi connectivity index (χ2n) is 4.88. The van der Waals surface area contributed by atoms with Gasteiger partial charge >= 0.3 is 0 Å². The van der Waals surface area contributed by atoms with E-state index in [1.54, 1.807) is 0 Å². The molecule has 3 aromatic rings. The summed E-state index contributed by atoms with van der Waals surface area (Å²) in [7, 11) is 0. The van der Waals surface area contributed by atoms with Crippen LogP contribution in [0.5, 0.6) is 0 Å². The first-order chi connectivity index (χ1) is 11.2. The van der Waals surface area contributed by atoms with Crippen LogP contribution >= 0.6 is 0 Å². The fourth-order valence-electron chi connectivity index (χ4n) is 2.04. The van der Waals surface area contributed by atoms with Gasteiger partial charge in [-0.2, -0.15) is 0 Å². The van der Waals surface area contributed by atoms with Gasteiger partial charge in [0.05, 0.1) is 0 Å². The standard InChI is InChI=1S/C17H14FN3O2/c18-14-8-6-12(7-9-14)16(22)19-11-10-15-20-21-17(23-15)13-4-2-1-3-5-13/h1-9H,10-11H2,(H,19,22). The second kappa shape index (κ2) is 6.83. The molecule has 0 aliphatic heterocycles. The van der Waals surface area contributed by atoms with E-state index in [0.717, 1.165) is 5.56 Å². The van der Waals surface area contributed by atoms with Crippen LogP contribution in [0.3, 0.4) is 0 Å². The molecule has 1 N–H and O–H groups in total. The van der Waals surface area contributed by atoms with Crippen LogP contribution in [0.1, 0.15) is 16.2 Å². The largest absolute Gasteiger partial charge is 0.421 e. The highest BCUT2D eigenvalue weighted by atomic mass is 19.1. The van der Waals surface area contributed by atoms with Crippen molar-refractivity contribution in [2.75, 3.05) is 6.54 Å². The first-order valence-corrected chi connectivity index (χ1v) is 7.14. The van der Waals surface area contributed by atoms with E-state index < -0.39 is 0 Å². The topological polar surface area (TPSA) is 68.0 Å². The summed E-state index contributed by atoms with van der Waals surface area (Å²) in [6.45, 7) is 0.354. The fraction of sp³-hybridized carbons (Fsp3) is 0.118. The normalized spacial score (nSPS) is 10.5. The maximum absolute atomic E-state index is 12.8. The lowest BCUT2D eigenvalue weighted by atomic mass is 10.2. The smallest absolute Gasteiger partial charge is 0.251 e. The highest BCUT2D eigenvalue weighted by Gasteiger charge is 2.09. The van der Waals surface area contributed by atoms with Gasteiger partial charge in [0, 0.05) is 24.1 Å². The molecular formula is C17H14FN3O2. The Kier molecular flexibility index (Phi) is 4.42. The lowest BCUT2D eigenvalue weighted by Crippen LogP contribution is -2.25. The summed E-state index contributed by atoms with van der Waals surface area (Å²) in [5.41, 5.74) is 1.25. The molecule has 0 aliphatic carbocycles. The van der Waals surface area contributed by atoms with Gasteiger partial charge in [-0.1, -0.05) is 18.2 Å². The Morgan fingerprint density at radius 2 is 1.78 bits per heavy atom. The third kappa shape index (κ3) is 3.79. The van der Waals surface area contributed by atoms with Crippen molar-refractivity contribution in [3.63, 3.8) is 0 Å². The van der Waals surface area contributed by atoms with Crippen molar-refractivity contribution >= 4 is 5.91 Å². The number of halogens is 1. The summed E-state index contributed by atoms with van der Waals surface area (Å²) < 4.78 is 18.4. The summed E-state index contributed by atoms with van der Waals surface area (Å²) >= 11 is 0. The number of amides is 1. The average molecular weight is 311 g/mol. The minimum atomic E-state index is -0.374. The van der Waals surface area contributed by atoms with Gasteiger partial charge in [0.25, 0.3) is 5.91 Å². The number of carbonyl (C=O) groups is 1. The Morgan fingerprint density at radius 3 is 2.52 bits per heavy atom. The van der Waals surface area contributed by atoms with Crippen molar-refractivity contribution < 1.29 is 13.6 Å². The molecule has 2 aromatic carbocycles. The zero-order valence-electron chi connectivity index (χ0n) is 12.2. The highest BCUT2D eigenvalue weighted by molar-refractivity contribution is 5.94. The molecule has 0 bridgehead atoms. The zero-order chi connectivity index (χ0) is 16.1. The Morgan fingerprint density at radius 1 is 1.04 bits per heavy atom. The van der Waals surface area contributed by atoms with E-state index in [0.29, 0.717) is 30.3 Å². The lowest BCUT2D eigenvalue weighted by Gasteiger charge is -2.03. The van der Waals surface area contributed by atoms with Crippen LogP contribution in [0.25, 0.3) is 11.5 Å². The van der Waals surface area contributed by atoms with Crippen LogP contribution in [0.15, 0.2) is 59.0 Å². The number of hydrogen-bond acceptors (Lipinski definition) is 4. The number of benzene rings is 2. The third-order valence-corrected chi connectivity index (χ3v) is 3.22. The maximum Gasteiger partial charge on any atom is 0.251 e. The quantitative estimate of drug-likeness (QED) is 0.786. The van der Waals surface area contributed by atoms with E-state index in [4.69, 9.17) is 4.42 Å². The fourth-order valence-corrected chi connectivity index (χ4v) is 2.04. The van der Waals surface area contributed by atoms with E-state index in [1.165, 1.54) is 24.3 Å². The summed E-state index contributed by atoms with van der Waals surface area (Å²) in [5, 5.41) is 10.7. The molecule has 6 heteroatoms. The van der Waals surface area contributed by atoms with Gasteiger partial charge in [-0.15, -0.1) is 10.2 Å². The number of rotatable bonds is 5. The Bertz CT molecular complexity index is 785. The number of nitrogens with zero attached hydrogens (tertiary/aromatic N) is 2. The molecule has 5 nitrogen and oxygen atoms in total.